The fraction of sp³-hybridized carbons (Fsp3) is 0.692. The lowest BCUT2D eigenvalue weighted by Gasteiger charge is -2.22. The van der Waals surface area contributed by atoms with Crippen LogP contribution in [0.2, 0.25) is 0 Å². The molecule has 1 unspecified atom stereocenters. The highest BCUT2D eigenvalue weighted by Crippen LogP contribution is 2.17. The number of hydrogen-bond donors (Lipinski definition) is 2. The van der Waals surface area contributed by atoms with E-state index >= 15 is 0 Å². The van der Waals surface area contributed by atoms with Gasteiger partial charge in [0.2, 0.25) is 0 Å². The molecule has 20 heavy (non-hydrogen) atoms. The second-order valence-electron chi connectivity index (χ2n) is 5.01. The summed E-state index contributed by atoms with van der Waals surface area (Å²) in [5.41, 5.74) is 0.319. The average Bonchev–Trinajstić information content (AvgIpc) is 2.97. The Bertz CT molecular complexity index is 485. The quantitative estimate of drug-likeness (QED) is 0.822. The molecule has 1 atom stereocenters. The van der Waals surface area contributed by atoms with Crippen molar-refractivity contribution in [2.75, 3.05) is 13.1 Å². The smallest absolute Gasteiger partial charge is 0.273 e. The Morgan fingerprint density at radius 3 is 3.05 bits per heavy atom. The van der Waals surface area contributed by atoms with Gasteiger partial charge in [-0.15, -0.1) is 5.10 Å². The Hall–Kier alpha value is -1.94. The Labute approximate surface area is 118 Å². The monoisotopic (exact) mass is 276 g/mol. The molecule has 0 bridgehead atoms. The second-order valence-corrected chi connectivity index (χ2v) is 5.01. The van der Waals surface area contributed by atoms with E-state index in [9.17, 15) is 4.79 Å². The van der Waals surface area contributed by atoms with Crippen molar-refractivity contribution in [1.82, 2.24) is 25.6 Å². The van der Waals surface area contributed by atoms with Gasteiger partial charge >= 0.3 is 0 Å². The van der Waals surface area contributed by atoms with Crippen LogP contribution in [0.15, 0.2) is 6.20 Å². The van der Waals surface area contributed by atoms with Gasteiger partial charge < -0.3 is 10.6 Å². The number of rotatable bonds is 5. The molecule has 1 aromatic heterocycles. The molecule has 7 nitrogen and oxygen atoms in total. The van der Waals surface area contributed by atoms with Gasteiger partial charge in [0.25, 0.3) is 5.91 Å². The third-order valence-electron chi connectivity index (χ3n) is 3.59. The number of aromatic nitrogens is 3. The lowest BCUT2D eigenvalue weighted by Crippen LogP contribution is -2.34. The standard InChI is InChI=1S/C13H20N6O/c1-2-10(3-6-14)16-13(20)12-9-19(18-17-12)11-4-7-15-8-5-11/h9-11,15H,2-5,7-8H2,1H3,(H,16,20). The first kappa shape index (κ1) is 14.5. The molecule has 1 saturated heterocycles. The minimum absolute atomic E-state index is 0.128. The number of nitriles is 1. The third kappa shape index (κ3) is 3.54. The largest absolute Gasteiger partial charge is 0.347 e. The van der Waals surface area contributed by atoms with Crippen molar-refractivity contribution in [2.45, 2.75) is 44.7 Å². The molecule has 0 spiro atoms. The highest BCUT2D eigenvalue weighted by molar-refractivity contribution is 5.92. The fourth-order valence-electron chi connectivity index (χ4n) is 2.30. The first-order chi connectivity index (χ1) is 9.74. The Morgan fingerprint density at radius 1 is 1.65 bits per heavy atom. The number of amides is 1. The van der Waals surface area contributed by atoms with Crippen LogP contribution in [0.5, 0.6) is 0 Å². The van der Waals surface area contributed by atoms with Crippen LogP contribution >= 0.6 is 0 Å². The van der Waals surface area contributed by atoms with E-state index in [0.717, 1.165) is 32.4 Å². The maximum Gasteiger partial charge on any atom is 0.273 e. The molecule has 0 saturated carbocycles. The molecule has 1 aliphatic rings. The van der Waals surface area contributed by atoms with Crippen molar-refractivity contribution < 1.29 is 4.79 Å². The number of hydrogen-bond acceptors (Lipinski definition) is 5. The number of nitrogens with one attached hydrogen (secondary N) is 2. The topological polar surface area (TPSA) is 95.6 Å². The van der Waals surface area contributed by atoms with Gasteiger partial charge in [-0.2, -0.15) is 5.26 Å². The second kappa shape index (κ2) is 7.01. The predicted octanol–water partition coefficient (Wildman–Crippen LogP) is 0.625. The van der Waals surface area contributed by atoms with Gasteiger partial charge in [-0.25, -0.2) is 4.68 Å². The Balaban J connectivity index is 1.97. The van der Waals surface area contributed by atoms with Crippen LogP contribution in [0, 0.1) is 11.3 Å². The van der Waals surface area contributed by atoms with E-state index < -0.39 is 0 Å². The van der Waals surface area contributed by atoms with Crippen LogP contribution in [-0.2, 0) is 0 Å². The highest BCUT2D eigenvalue weighted by Gasteiger charge is 2.19. The van der Waals surface area contributed by atoms with Crippen LogP contribution in [0.1, 0.15) is 49.1 Å². The van der Waals surface area contributed by atoms with Gasteiger partial charge in [0.1, 0.15) is 0 Å². The van der Waals surface area contributed by atoms with Crippen LogP contribution in [-0.4, -0.2) is 40.0 Å². The summed E-state index contributed by atoms with van der Waals surface area (Å²) in [4.78, 5) is 12.0. The molecule has 1 aromatic rings. The molecule has 108 valence electrons. The normalized spacial score (nSPS) is 17.4. The maximum absolute atomic E-state index is 12.0. The van der Waals surface area contributed by atoms with E-state index in [2.05, 4.69) is 27.0 Å². The summed E-state index contributed by atoms with van der Waals surface area (Å²) in [5.74, 6) is -0.257. The lowest BCUT2D eigenvalue weighted by atomic mass is 10.1. The van der Waals surface area contributed by atoms with Crippen molar-refractivity contribution in [3.63, 3.8) is 0 Å². The zero-order valence-electron chi connectivity index (χ0n) is 11.7. The van der Waals surface area contributed by atoms with E-state index in [1.165, 1.54) is 0 Å². The summed E-state index contributed by atoms with van der Waals surface area (Å²) < 4.78 is 1.78. The summed E-state index contributed by atoms with van der Waals surface area (Å²) in [7, 11) is 0. The molecule has 1 aliphatic heterocycles. The third-order valence-corrected chi connectivity index (χ3v) is 3.59. The summed E-state index contributed by atoms with van der Waals surface area (Å²) in [6, 6.07) is 2.25. The lowest BCUT2D eigenvalue weighted by molar-refractivity contribution is 0.0931. The van der Waals surface area contributed by atoms with E-state index in [0.29, 0.717) is 18.2 Å². The molecule has 2 heterocycles. The molecule has 2 rings (SSSR count). The van der Waals surface area contributed by atoms with Gasteiger partial charge in [0.15, 0.2) is 5.69 Å². The predicted molar refractivity (Wildman–Crippen MR) is 72.9 cm³/mol. The average molecular weight is 276 g/mol. The van der Waals surface area contributed by atoms with Crippen LogP contribution in [0.25, 0.3) is 0 Å². The summed E-state index contributed by atoms with van der Waals surface area (Å²) in [5, 5.41) is 22.8. The first-order valence-corrected chi connectivity index (χ1v) is 7.05. The number of nitrogens with zero attached hydrogens (tertiary/aromatic N) is 4. The first-order valence-electron chi connectivity index (χ1n) is 7.05. The highest BCUT2D eigenvalue weighted by atomic mass is 16.2. The van der Waals surface area contributed by atoms with Gasteiger partial charge in [-0.3, -0.25) is 4.79 Å². The van der Waals surface area contributed by atoms with Gasteiger partial charge in [0, 0.05) is 6.04 Å². The van der Waals surface area contributed by atoms with Crippen molar-refractivity contribution in [3.05, 3.63) is 11.9 Å². The van der Waals surface area contributed by atoms with Gasteiger partial charge in [-0.05, 0) is 32.4 Å². The summed E-state index contributed by atoms with van der Waals surface area (Å²) in [6.07, 6.45) is 4.73. The molecular formula is C13H20N6O. The zero-order chi connectivity index (χ0) is 14.4. The Kier molecular flexibility index (Phi) is 5.07. The van der Waals surface area contributed by atoms with Crippen molar-refractivity contribution in [3.8, 4) is 6.07 Å². The number of piperidine rings is 1. The molecule has 0 radical (unpaired) electrons. The van der Waals surface area contributed by atoms with E-state index in [1.54, 1.807) is 10.9 Å². The molecular weight excluding hydrogens is 256 g/mol. The van der Waals surface area contributed by atoms with Crippen molar-refractivity contribution in [2.24, 2.45) is 0 Å². The SMILES string of the molecule is CCC(CC#N)NC(=O)c1cn(C2CCNCC2)nn1. The summed E-state index contributed by atoms with van der Waals surface area (Å²) >= 11 is 0. The van der Waals surface area contributed by atoms with Crippen LogP contribution < -0.4 is 10.6 Å². The fourth-order valence-corrected chi connectivity index (χ4v) is 2.30. The minimum Gasteiger partial charge on any atom is -0.347 e. The molecule has 0 aromatic carbocycles. The molecule has 1 amide bonds. The molecule has 2 N–H and O–H groups in total. The van der Waals surface area contributed by atoms with Gasteiger partial charge in [-0.1, -0.05) is 12.1 Å². The molecule has 0 aliphatic carbocycles. The van der Waals surface area contributed by atoms with Crippen molar-refractivity contribution >= 4 is 5.91 Å². The minimum atomic E-state index is -0.257. The van der Waals surface area contributed by atoms with Crippen LogP contribution in [0.3, 0.4) is 0 Å². The van der Waals surface area contributed by atoms with E-state index in [4.69, 9.17) is 5.26 Å². The summed E-state index contributed by atoms with van der Waals surface area (Å²) in [6.45, 7) is 3.87. The van der Waals surface area contributed by atoms with Crippen molar-refractivity contribution in [1.29, 1.82) is 5.26 Å². The number of carbonyl (C=O) groups is 1. The van der Waals surface area contributed by atoms with Gasteiger partial charge in [0.05, 0.1) is 24.7 Å². The Morgan fingerprint density at radius 2 is 2.40 bits per heavy atom. The van der Waals surface area contributed by atoms with Crippen LogP contribution in [0.4, 0.5) is 0 Å². The molecule has 1 fully saturated rings. The zero-order valence-corrected chi connectivity index (χ0v) is 11.7. The molecule has 7 heteroatoms. The van der Waals surface area contributed by atoms with E-state index in [-0.39, 0.29) is 11.9 Å². The maximum atomic E-state index is 12.0. The number of carbonyl (C=O) groups excluding carboxylic acids is 1. The van der Waals surface area contributed by atoms with E-state index in [1.807, 2.05) is 6.92 Å².